The molecule has 10 rings (SSSR count). The molecule has 0 bridgehead atoms. The lowest BCUT2D eigenvalue weighted by Crippen LogP contribution is -1.99. The van der Waals surface area contributed by atoms with Gasteiger partial charge in [0.15, 0.2) is 5.65 Å². The van der Waals surface area contributed by atoms with Crippen LogP contribution in [0.15, 0.2) is 152 Å². The van der Waals surface area contributed by atoms with Gasteiger partial charge in [0.25, 0.3) is 0 Å². The summed E-state index contributed by atoms with van der Waals surface area (Å²) in [5.74, 6) is 0.906. The summed E-state index contributed by atoms with van der Waals surface area (Å²) in [7, 11) is 0. The van der Waals surface area contributed by atoms with Crippen LogP contribution in [-0.2, 0) is 0 Å². The third-order valence-corrected chi connectivity index (χ3v) is 9.01. The molecule has 0 N–H and O–H groups in total. The van der Waals surface area contributed by atoms with Crippen LogP contribution in [0.25, 0.3) is 83.2 Å². The molecule has 5 nitrogen and oxygen atoms in total. The van der Waals surface area contributed by atoms with Crippen molar-refractivity contribution in [2.75, 3.05) is 0 Å². The van der Waals surface area contributed by atoms with Gasteiger partial charge in [-0.15, -0.1) is 0 Å². The van der Waals surface area contributed by atoms with Crippen molar-refractivity contribution in [3.8, 4) is 22.8 Å². The Morgan fingerprint density at radius 3 is 1.89 bits per heavy atom. The number of para-hydroxylation sites is 5. The minimum absolute atomic E-state index is 0.906. The van der Waals surface area contributed by atoms with E-state index in [0.29, 0.717) is 0 Å². The van der Waals surface area contributed by atoms with E-state index in [1.807, 2.05) is 12.1 Å². The zero-order valence-electron chi connectivity index (χ0n) is 24.2. The molecular formula is C40H25N5. The molecule has 0 aliphatic rings. The molecule has 0 aliphatic heterocycles. The van der Waals surface area contributed by atoms with Gasteiger partial charge in [-0.05, 0) is 53.9 Å². The van der Waals surface area contributed by atoms with Crippen LogP contribution in [0.3, 0.4) is 0 Å². The van der Waals surface area contributed by atoms with Crippen molar-refractivity contribution in [3.05, 3.63) is 152 Å². The molecule has 4 aromatic heterocycles. The number of pyridine rings is 1. The van der Waals surface area contributed by atoms with Crippen LogP contribution in [0, 0.1) is 0 Å². The largest absolute Gasteiger partial charge is 0.293 e. The van der Waals surface area contributed by atoms with Crippen LogP contribution in [-0.4, -0.2) is 23.5 Å². The summed E-state index contributed by atoms with van der Waals surface area (Å²) in [5.41, 5.74) is 10.5. The van der Waals surface area contributed by atoms with Crippen molar-refractivity contribution in [1.29, 1.82) is 0 Å². The quantitative estimate of drug-likeness (QED) is 0.197. The zero-order chi connectivity index (χ0) is 29.5. The second kappa shape index (κ2) is 9.15. The van der Waals surface area contributed by atoms with Crippen LogP contribution < -0.4 is 0 Å². The standard InChI is InChI=1S/C40H25N5/c1-2-14-27(15-3-1)43-36-24-11-8-21-33(36)41-38(43)26-13-12-16-28(25-26)44-35-23-10-7-20-32(35)37-40(44)42-39-31-19-5-4-17-29(31)30-18-6-9-22-34(30)45(37)39/h1-25H. The normalized spacial score (nSPS) is 12.0. The first-order valence-corrected chi connectivity index (χ1v) is 15.2. The Balaban J connectivity index is 1.30. The Kier molecular flexibility index (Phi) is 4.93. The maximum Gasteiger partial charge on any atom is 0.165 e. The number of imidazole rings is 2. The Morgan fingerprint density at radius 1 is 0.400 bits per heavy atom. The van der Waals surface area contributed by atoms with Crippen LogP contribution in [0.5, 0.6) is 0 Å². The van der Waals surface area contributed by atoms with Crippen LogP contribution in [0.4, 0.5) is 0 Å². The van der Waals surface area contributed by atoms with Crippen molar-refractivity contribution in [1.82, 2.24) is 23.5 Å². The SMILES string of the molecule is c1ccc(-n2c(-c3cccc(-n4c5ccccc5c5c4nc4c6ccccc6c6ccccc6n45)c3)nc3ccccc32)cc1. The van der Waals surface area contributed by atoms with Gasteiger partial charge in [0.1, 0.15) is 17.0 Å². The molecule has 0 unspecified atom stereocenters. The van der Waals surface area contributed by atoms with Crippen molar-refractivity contribution in [3.63, 3.8) is 0 Å². The van der Waals surface area contributed by atoms with Gasteiger partial charge < -0.3 is 0 Å². The van der Waals surface area contributed by atoms with E-state index in [9.17, 15) is 0 Å². The predicted molar refractivity (Wildman–Crippen MR) is 185 cm³/mol. The first-order chi connectivity index (χ1) is 22.3. The van der Waals surface area contributed by atoms with Crippen LogP contribution in [0.1, 0.15) is 0 Å². The lowest BCUT2D eigenvalue weighted by molar-refractivity contribution is 1.10. The van der Waals surface area contributed by atoms with E-state index < -0.39 is 0 Å². The molecule has 0 amide bonds. The number of hydrogen-bond acceptors (Lipinski definition) is 2. The molecule has 45 heavy (non-hydrogen) atoms. The number of hydrogen-bond donors (Lipinski definition) is 0. The smallest absolute Gasteiger partial charge is 0.165 e. The van der Waals surface area contributed by atoms with Crippen molar-refractivity contribution < 1.29 is 0 Å². The van der Waals surface area contributed by atoms with Gasteiger partial charge in [-0.25, -0.2) is 9.97 Å². The second-order valence-corrected chi connectivity index (χ2v) is 11.5. The fourth-order valence-corrected chi connectivity index (χ4v) is 7.12. The first kappa shape index (κ1) is 24.3. The van der Waals surface area contributed by atoms with Crippen molar-refractivity contribution in [2.45, 2.75) is 0 Å². The second-order valence-electron chi connectivity index (χ2n) is 11.5. The molecule has 0 saturated carbocycles. The highest BCUT2D eigenvalue weighted by Gasteiger charge is 2.22. The van der Waals surface area contributed by atoms with E-state index in [0.717, 1.165) is 67.0 Å². The maximum atomic E-state index is 5.41. The molecule has 0 radical (unpaired) electrons. The van der Waals surface area contributed by atoms with Gasteiger partial charge in [-0.3, -0.25) is 13.5 Å². The zero-order valence-corrected chi connectivity index (χ0v) is 24.2. The number of rotatable bonds is 3. The summed E-state index contributed by atoms with van der Waals surface area (Å²) in [4.78, 5) is 10.6. The first-order valence-electron chi connectivity index (χ1n) is 15.2. The van der Waals surface area contributed by atoms with Crippen LogP contribution in [0.2, 0.25) is 0 Å². The van der Waals surface area contributed by atoms with Gasteiger partial charge in [0.2, 0.25) is 0 Å². The van der Waals surface area contributed by atoms with Crippen LogP contribution >= 0.6 is 0 Å². The Bertz CT molecular complexity index is 2760. The van der Waals surface area contributed by atoms with Crippen molar-refractivity contribution >= 4 is 60.4 Å². The topological polar surface area (TPSA) is 40.0 Å². The molecule has 4 heterocycles. The number of nitrogens with zero attached hydrogens (tertiary/aromatic N) is 5. The molecule has 0 atom stereocenters. The van der Waals surface area contributed by atoms with Gasteiger partial charge >= 0.3 is 0 Å². The highest BCUT2D eigenvalue weighted by Crippen LogP contribution is 2.38. The van der Waals surface area contributed by atoms with Gasteiger partial charge in [0.05, 0.1) is 22.1 Å². The summed E-state index contributed by atoms with van der Waals surface area (Å²) in [6, 6.07) is 53.4. The monoisotopic (exact) mass is 575 g/mol. The fourth-order valence-electron chi connectivity index (χ4n) is 7.12. The highest BCUT2D eigenvalue weighted by atomic mass is 15.1. The molecule has 0 aliphatic carbocycles. The summed E-state index contributed by atoms with van der Waals surface area (Å²) >= 11 is 0. The predicted octanol–water partition coefficient (Wildman–Crippen LogP) is 9.74. The Hall–Kier alpha value is -6.20. The van der Waals surface area contributed by atoms with Gasteiger partial charge in [0, 0.05) is 33.1 Å². The molecule has 5 heteroatoms. The molecular weight excluding hydrogens is 550 g/mol. The molecule has 0 spiro atoms. The lowest BCUT2D eigenvalue weighted by Gasteiger charge is -2.12. The van der Waals surface area contributed by atoms with Crippen molar-refractivity contribution in [2.24, 2.45) is 0 Å². The van der Waals surface area contributed by atoms with Gasteiger partial charge in [-0.1, -0.05) is 103 Å². The fraction of sp³-hybridized carbons (Fsp3) is 0. The maximum absolute atomic E-state index is 5.41. The molecule has 6 aromatic carbocycles. The Labute approximate surface area is 257 Å². The molecule has 0 fully saturated rings. The van der Waals surface area contributed by atoms with E-state index in [1.54, 1.807) is 0 Å². The minimum Gasteiger partial charge on any atom is -0.293 e. The highest BCUT2D eigenvalue weighted by molar-refractivity contribution is 6.17. The summed E-state index contributed by atoms with van der Waals surface area (Å²) in [6.07, 6.45) is 0. The average Bonchev–Trinajstić information content (AvgIpc) is 3.78. The number of benzene rings is 6. The number of fused-ring (bicyclic) bond motifs is 11. The average molecular weight is 576 g/mol. The Morgan fingerprint density at radius 2 is 1.04 bits per heavy atom. The van der Waals surface area contributed by atoms with Gasteiger partial charge in [-0.2, -0.15) is 0 Å². The van der Waals surface area contributed by atoms with E-state index >= 15 is 0 Å². The number of aromatic nitrogens is 5. The molecule has 0 saturated heterocycles. The lowest BCUT2D eigenvalue weighted by atomic mass is 10.1. The van der Waals surface area contributed by atoms with E-state index in [-0.39, 0.29) is 0 Å². The third kappa shape index (κ3) is 3.38. The summed E-state index contributed by atoms with van der Waals surface area (Å²) in [6.45, 7) is 0. The van der Waals surface area contributed by atoms with E-state index in [4.69, 9.17) is 9.97 Å². The van der Waals surface area contributed by atoms with E-state index in [2.05, 4.69) is 153 Å². The molecule has 210 valence electrons. The minimum atomic E-state index is 0.906. The molecule has 10 aromatic rings. The summed E-state index contributed by atoms with van der Waals surface area (Å²) in [5, 5.41) is 4.75. The van der Waals surface area contributed by atoms with E-state index in [1.165, 1.54) is 16.2 Å². The summed E-state index contributed by atoms with van der Waals surface area (Å²) < 4.78 is 6.91. The third-order valence-electron chi connectivity index (χ3n) is 9.01.